The Hall–Kier alpha value is -2.51. The van der Waals surface area contributed by atoms with Gasteiger partial charge < -0.3 is 10.1 Å². The molecule has 1 N–H and O–H groups in total. The minimum Gasteiger partial charge on any atom is -0.497 e. The Bertz CT molecular complexity index is 683. The summed E-state index contributed by atoms with van der Waals surface area (Å²) >= 11 is 0. The second kappa shape index (κ2) is 7.37. The average Bonchev–Trinajstić information content (AvgIpc) is 2.65. The molecule has 24 heavy (non-hydrogen) atoms. The zero-order chi connectivity index (χ0) is 16.8. The van der Waals surface area contributed by atoms with Crippen molar-refractivity contribution in [3.63, 3.8) is 0 Å². The van der Waals surface area contributed by atoms with Crippen LogP contribution in [0.1, 0.15) is 18.4 Å². The lowest BCUT2D eigenvalue weighted by atomic mass is 9.88. The molecule has 0 radical (unpaired) electrons. The van der Waals surface area contributed by atoms with Crippen molar-refractivity contribution in [2.24, 2.45) is 0 Å². The first kappa shape index (κ1) is 16.4. The second-order valence-corrected chi connectivity index (χ2v) is 6.31. The molecule has 3 rings (SSSR count). The number of nitrogens with one attached hydrogen (secondary N) is 1. The lowest BCUT2D eigenvalue weighted by molar-refractivity contribution is 0.189. The number of nitrogens with zero attached hydrogens (tertiary/aromatic N) is 2. The molecule has 0 spiro atoms. The molecule has 0 unspecified atom stereocenters. The Morgan fingerprint density at radius 1 is 1.08 bits per heavy atom. The van der Waals surface area contributed by atoms with E-state index < -0.39 is 5.54 Å². The molecule has 2 aromatic rings. The van der Waals surface area contributed by atoms with Crippen LogP contribution in [0.4, 0.5) is 5.69 Å². The van der Waals surface area contributed by atoms with Gasteiger partial charge in [0.25, 0.3) is 0 Å². The molecule has 0 aromatic heterocycles. The lowest BCUT2D eigenvalue weighted by Gasteiger charge is -2.38. The molecule has 124 valence electrons. The fourth-order valence-electron chi connectivity index (χ4n) is 3.15. The summed E-state index contributed by atoms with van der Waals surface area (Å²) < 4.78 is 5.18. The molecule has 0 saturated carbocycles. The highest BCUT2D eigenvalue weighted by molar-refractivity contribution is 5.50. The van der Waals surface area contributed by atoms with Gasteiger partial charge in [-0.2, -0.15) is 5.26 Å². The van der Waals surface area contributed by atoms with Crippen molar-refractivity contribution in [3.05, 3.63) is 60.2 Å². The van der Waals surface area contributed by atoms with E-state index in [1.165, 1.54) is 5.56 Å². The maximum atomic E-state index is 9.72. The number of ether oxygens (including phenoxy) is 1. The van der Waals surface area contributed by atoms with Gasteiger partial charge in [0, 0.05) is 25.3 Å². The molecular weight excluding hydrogens is 298 g/mol. The highest BCUT2D eigenvalue weighted by Gasteiger charge is 2.34. The molecule has 2 aromatic carbocycles. The van der Waals surface area contributed by atoms with Crippen LogP contribution in [0.25, 0.3) is 0 Å². The van der Waals surface area contributed by atoms with Crippen LogP contribution in [0.2, 0.25) is 0 Å². The van der Waals surface area contributed by atoms with E-state index in [0.717, 1.165) is 43.9 Å². The predicted octanol–water partition coefficient (Wildman–Crippen LogP) is 3.67. The number of likely N-dealkylation sites (tertiary alicyclic amines) is 1. The summed E-state index contributed by atoms with van der Waals surface area (Å²) in [5.74, 6) is 0.823. The van der Waals surface area contributed by atoms with Gasteiger partial charge in [-0.25, -0.2) is 0 Å². The molecule has 0 atom stereocenters. The predicted molar refractivity (Wildman–Crippen MR) is 95.9 cm³/mol. The average molecular weight is 321 g/mol. The van der Waals surface area contributed by atoms with Gasteiger partial charge in [0.2, 0.25) is 0 Å². The second-order valence-electron chi connectivity index (χ2n) is 6.31. The summed E-state index contributed by atoms with van der Waals surface area (Å²) in [6.07, 6.45) is 1.64. The van der Waals surface area contributed by atoms with Crippen LogP contribution >= 0.6 is 0 Å². The summed E-state index contributed by atoms with van der Waals surface area (Å²) in [7, 11) is 1.65. The van der Waals surface area contributed by atoms with E-state index in [0.29, 0.717) is 0 Å². The number of hydrogen-bond donors (Lipinski definition) is 1. The van der Waals surface area contributed by atoms with E-state index in [1.54, 1.807) is 7.11 Å². The first-order valence-electron chi connectivity index (χ1n) is 8.33. The fraction of sp³-hybridized carbons (Fsp3) is 0.350. The van der Waals surface area contributed by atoms with E-state index in [-0.39, 0.29) is 0 Å². The summed E-state index contributed by atoms with van der Waals surface area (Å²) in [5.41, 5.74) is 1.81. The third-order valence-corrected chi connectivity index (χ3v) is 4.65. The first-order chi connectivity index (χ1) is 11.7. The molecule has 1 aliphatic heterocycles. The third kappa shape index (κ3) is 3.87. The summed E-state index contributed by atoms with van der Waals surface area (Å²) in [6.45, 7) is 2.79. The highest BCUT2D eigenvalue weighted by atomic mass is 16.5. The zero-order valence-corrected chi connectivity index (χ0v) is 14.0. The van der Waals surface area contributed by atoms with Gasteiger partial charge in [0.05, 0.1) is 13.2 Å². The maximum absolute atomic E-state index is 9.72. The minimum atomic E-state index is -0.484. The lowest BCUT2D eigenvalue weighted by Crippen LogP contribution is -2.48. The molecule has 0 bridgehead atoms. The molecule has 0 aliphatic carbocycles. The Morgan fingerprint density at radius 2 is 1.75 bits per heavy atom. The van der Waals surface area contributed by atoms with E-state index >= 15 is 0 Å². The zero-order valence-electron chi connectivity index (χ0n) is 14.0. The SMILES string of the molecule is COc1ccc(NC2(C#N)CCN(Cc3ccccc3)CC2)cc1. The molecule has 1 saturated heterocycles. The van der Waals surface area contributed by atoms with Crippen LogP contribution in [0, 0.1) is 11.3 Å². The molecule has 0 amide bonds. The van der Waals surface area contributed by atoms with E-state index in [1.807, 2.05) is 30.3 Å². The molecule has 1 fully saturated rings. The van der Waals surface area contributed by atoms with Gasteiger partial charge in [0.15, 0.2) is 0 Å². The van der Waals surface area contributed by atoms with Gasteiger partial charge in [-0.1, -0.05) is 30.3 Å². The number of methoxy groups -OCH3 is 1. The molecule has 1 heterocycles. The van der Waals surface area contributed by atoms with Gasteiger partial charge in [-0.3, -0.25) is 4.90 Å². The number of nitriles is 1. The number of hydrogen-bond acceptors (Lipinski definition) is 4. The van der Waals surface area contributed by atoms with E-state index in [9.17, 15) is 5.26 Å². The van der Waals surface area contributed by atoms with Crippen LogP contribution in [0.5, 0.6) is 5.75 Å². The standard InChI is InChI=1S/C20H23N3O/c1-24-19-9-7-18(8-10-19)22-20(16-21)11-13-23(14-12-20)15-17-5-3-2-4-6-17/h2-10,22H,11-15H2,1H3. The van der Waals surface area contributed by atoms with Crippen LogP contribution in [-0.4, -0.2) is 30.6 Å². The van der Waals surface area contributed by atoms with Crippen molar-refractivity contribution in [2.45, 2.75) is 24.9 Å². The number of benzene rings is 2. The van der Waals surface area contributed by atoms with E-state index in [2.05, 4.69) is 40.6 Å². The Labute approximate surface area is 143 Å². The monoisotopic (exact) mass is 321 g/mol. The van der Waals surface area contributed by atoms with Crippen molar-refractivity contribution < 1.29 is 4.74 Å². The van der Waals surface area contributed by atoms with Crippen LogP contribution < -0.4 is 10.1 Å². The summed E-state index contributed by atoms with van der Waals surface area (Å²) in [4.78, 5) is 2.42. The van der Waals surface area contributed by atoms with Gasteiger partial charge >= 0.3 is 0 Å². The first-order valence-corrected chi connectivity index (χ1v) is 8.33. The maximum Gasteiger partial charge on any atom is 0.127 e. The molecule has 1 aliphatic rings. The van der Waals surface area contributed by atoms with Crippen molar-refractivity contribution in [1.82, 2.24) is 4.90 Å². The summed E-state index contributed by atoms with van der Waals surface area (Å²) in [6, 6.07) is 20.8. The molecule has 4 nitrogen and oxygen atoms in total. The van der Waals surface area contributed by atoms with Crippen molar-refractivity contribution >= 4 is 5.69 Å². The van der Waals surface area contributed by atoms with E-state index in [4.69, 9.17) is 4.74 Å². The van der Waals surface area contributed by atoms with Gasteiger partial charge in [-0.05, 0) is 42.7 Å². The largest absolute Gasteiger partial charge is 0.497 e. The van der Waals surface area contributed by atoms with Crippen molar-refractivity contribution in [1.29, 1.82) is 5.26 Å². The number of anilines is 1. The van der Waals surface area contributed by atoms with Crippen molar-refractivity contribution in [3.8, 4) is 11.8 Å². The van der Waals surface area contributed by atoms with Crippen molar-refractivity contribution in [2.75, 3.05) is 25.5 Å². The Balaban J connectivity index is 1.60. The highest BCUT2D eigenvalue weighted by Crippen LogP contribution is 2.28. The minimum absolute atomic E-state index is 0.484. The van der Waals surface area contributed by atoms with Crippen LogP contribution in [-0.2, 0) is 6.54 Å². The Morgan fingerprint density at radius 3 is 2.33 bits per heavy atom. The quantitative estimate of drug-likeness (QED) is 0.913. The van der Waals surface area contributed by atoms with Crippen LogP contribution in [0.15, 0.2) is 54.6 Å². The third-order valence-electron chi connectivity index (χ3n) is 4.65. The van der Waals surface area contributed by atoms with Gasteiger partial charge in [-0.15, -0.1) is 0 Å². The van der Waals surface area contributed by atoms with Gasteiger partial charge in [0.1, 0.15) is 11.3 Å². The fourth-order valence-corrected chi connectivity index (χ4v) is 3.15. The normalized spacial score (nSPS) is 17.0. The number of piperidine rings is 1. The topological polar surface area (TPSA) is 48.3 Å². The summed E-state index contributed by atoms with van der Waals surface area (Å²) in [5, 5.41) is 13.2. The smallest absolute Gasteiger partial charge is 0.127 e. The van der Waals surface area contributed by atoms with Crippen LogP contribution in [0.3, 0.4) is 0 Å². The molecular formula is C20H23N3O. The molecule has 4 heteroatoms. The Kier molecular flexibility index (Phi) is 5.02. The number of rotatable bonds is 5.